The molecular weight excluding hydrogens is 183 g/mol. The smallest absolute Gasteiger partial charge is 0.0551 e. The van der Waals surface area contributed by atoms with E-state index < -0.39 is 0 Å². The van der Waals surface area contributed by atoms with Crippen molar-refractivity contribution in [1.29, 1.82) is 0 Å². The Morgan fingerprint density at radius 1 is 0.909 bits per heavy atom. The summed E-state index contributed by atoms with van der Waals surface area (Å²) in [4.78, 5) is 0. The van der Waals surface area contributed by atoms with E-state index in [1.54, 1.807) is 0 Å². The molecule has 68 valence electrons. The fraction of sp³-hybridized carbons (Fsp3) is 1.00. The molecule has 0 aliphatic carbocycles. The minimum atomic E-state index is -0.206. The zero-order valence-electron chi connectivity index (χ0n) is 6.73. The van der Waals surface area contributed by atoms with Crippen molar-refractivity contribution in [3.63, 3.8) is 0 Å². The molecule has 0 amide bonds. The van der Waals surface area contributed by atoms with Crippen LogP contribution in [0.4, 0.5) is 0 Å². The molecule has 0 aromatic carbocycles. The van der Waals surface area contributed by atoms with E-state index in [0.29, 0.717) is 12.3 Å². The number of aliphatic hydroxyl groups excluding tert-OH is 1. The van der Waals surface area contributed by atoms with E-state index in [1.165, 1.54) is 0 Å². The maximum Gasteiger partial charge on any atom is 0.0551 e. The fourth-order valence-electron chi connectivity index (χ4n) is 0.922. The summed E-state index contributed by atoms with van der Waals surface area (Å²) in [6, 6.07) is 0. The molecule has 0 saturated carbocycles. The van der Waals surface area contributed by atoms with Crippen LogP contribution >= 0.6 is 23.2 Å². The Hall–Kier alpha value is 0.540. The van der Waals surface area contributed by atoms with Gasteiger partial charge in [-0.1, -0.05) is 12.8 Å². The molecule has 3 heteroatoms. The molecule has 0 aromatic rings. The zero-order valence-corrected chi connectivity index (χ0v) is 8.24. The lowest BCUT2D eigenvalue weighted by molar-refractivity contribution is 0.157. The van der Waals surface area contributed by atoms with E-state index in [-0.39, 0.29) is 6.10 Å². The summed E-state index contributed by atoms with van der Waals surface area (Å²) < 4.78 is 0. The van der Waals surface area contributed by atoms with Crippen molar-refractivity contribution in [2.24, 2.45) is 0 Å². The van der Waals surface area contributed by atoms with E-state index in [9.17, 15) is 5.11 Å². The Morgan fingerprint density at radius 2 is 1.64 bits per heavy atom. The van der Waals surface area contributed by atoms with Gasteiger partial charge in [0.15, 0.2) is 0 Å². The van der Waals surface area contributed by atoms with Gasteiger partial charge in [0.25, 0.3) is 0 Å². The second kappa shape index (κ2) is 8.63. The van der Waals surface area contributed by atoms with Crippen molar-refractivity contribution in [1.82, 2.24) is 0 Å². The monoisotopic (exact) mass is 198 g/mol. The Kier molecular flexibility index (Phi) is 9.06. The average Bonchev–Trinajstić information content (AvgIpc) is 1.99. The third-order valence-corrected chi connectivity index (χ3v) is 2.10. The van der Waals surface area contributed by atoms with E-state index in [2.05, 4.69) is 0 Å². The second-order valence-corrected chi connectivity index (χ2v) is 3.43. The first-order valence-corrected chi connectivity index (χ1v) is 5.18. The second-order valence-electron chi connectivity index (χ2n) is 2.67. The molecule has 0 saturated heterocycles. The maximum atomic E-state index is 9.23. The van der Waals surface area contributed by atoms with Gasteiger partial charge in [-0.2, -0.15) is 0 Å². The summed E-state index contributed by atoms with van der Waals surface area (Å²) in [6.07, 6.45) is 4.59. The van der Waals surface area contributed by atoms with Crippen molar-refractivity contribution in [2.75, 3.05) is 11.8 Å². The Balaban J connectivity index is 2.97. The molecule has 0 bridgehead atoms. The van der Waals surface area contributed by atoms with Gasteiger partial charge in [-0.3, -0.25) is 0 Å². The van der Waals surface area contributed by atoms with Crippen LogP contribution in [0, 0.1) is 0 Å². The van der Waals surface area contributed by atoms with Crippen molar-refractivity contribution < 1.29 is 5.11 Å². The highest BCUT2D eigenvalue weighted by atomic mass is 35.5. The SMILES string of the molecule is O[C@@H](CCCl)CCCCCCl. The molecule has 1 atom stereocenters. The summed E-state index contributed by atoms with van der Waals surface area (Å²) in [7, 11) is 0. The number of halogens is 2. The summed E-state index contributed by atoms with van der Waals surface area (Å²) in [5.74, 6) is 1.28. The molecule has 0 aliphatic heterocycles. The van der Waals surface area contributed by atoms with Gasteiger partial charge in [-0.15, -0.1) is 23.2 Å². The summed E-state index contributed by atoms with van der Waals surface area (Å²) in [5.41, 5.74) is 0. The number of unbranched alkanes of at least 4 members (excludes halogenated alkanes) is 2. The highest BCUT2D eigenvalue weighted by Gasteiger charge is 2.01. The minimum Gasteiger partial charge on any atom is -0.393 e. The highest BCUT2D eigenvalue weighted by Crippen LogP contribution is 2.07. The lowest BCUT2D eigenvalue weighted by atomic mass is 10.1. The van der Waals surface area contributed by atoms with Gasteiger partial charge in [0.1, 0.15) is 0 Å². The molecule has 0 heterocycles. The third-order valence-electron chi connectivity index (χ3n) is 1.61. The van der Waals surface area contributed by atoms with Gasteiger partial charge in [0, 0.05) is 11.8 Å². The molecule has 1 nitrogen and oxygen atoms in total. The normalized spacial score (nSPS) is 13.4. The van der Waals surface area contributed by atoms with Crippen molar-refractivity contribution in [3.8, 4) is 0 Å². The standard InChI is InChI=1S/C8H16Cl2O/c9-6-3-1-2-4-8(11)5-7-10/h8,11H,1-7H2/t8-/m1/s1. The van der Waals surface area contributed by atoms with Gasteiger partial charge >= 0.3 is 0 Å². The Morgan fingerprint density at radius 3 is 2.18 bits per heavy atom. The molecular formula is C8H16Cl2O. The van der Waals surface area contributed by atoms with E-state index in [4.69, 9.17) is 23.2 Å². The number of hydrogen-bond acceptors (Lipinski definition) is 1. The molecule has 0 unspecified atom stereocenters. The van der Waals surface area contributed by atoms with E-state index in [0.717, 1.165) is 31.6 Å². The molecule has 0 rings (SSSR count). The van der Waals surface area contributed by atoms with Crippen LogP contribution in [-0.2, 0) is 0 Å². The number of alkyl halides is 2. The van der Waals surface area contributed by atoms with Crippen LogP contribution in [0.1, 0.15) is 32.1 Å². The first kappa shape index (κ1) is 11.5. The molecule has 0 fully saturated rings. The quantitative estimate of drug-likeness (QED) is 0.493. The van der Waals surface area contributed by atoms with E-state index >= 15 is 0 Å². The number of rotatable bonds is 7. The first-order chi connectivity index (χ1) is 5.31. The summed E-state index contributed by atoms with van der Waals surface area (Å²) in [5, 5.41) is 9.23. The summed E-state index contributed by atoms with van der Waals surface area (Å²) in [6.45, 7) is 0. The van der Waals surface area contributed by atoms with Gasteiger partial charge in [0.05, 0.1) is 6.10 Å². The van der Waals surface area contributed by atoms with Gasteiger partial charge in [0.2, 0.25) is 0 Å². The van der Waals surface area contributed by atoms with Gasteiger partial charge in [-0.25, -0.2) is 0 Å². The third kappa shape index (κ3) is 8.45. The van der Waals surface area contributed by atoms with Crippen LogP contribution in [0.2, 0.25) is 0 Å². The van der Waals surface area contributed by atoms with Crippen molar-refractivity contribution in [3.05, 3.63) is 0 Å². The van der Waals surface area contributed by atoms with E-state index in [1.807, 2.05) is 0 Å². The van der Waals surface area contributed by atoms with Gasteiger partial charge in [-0.05, 0) is 19.3 Å². The van der Waals surface area contributed by atoms with Crippen molar-refractivity contribution >= 4 is 23.2 Å². The van der Waals surface area contributed by atoms with Gasteiger partial charge < -0.3 is 5.11 Å². The fourth-order valence-corrected chi connectivity index (χ4v) is 1.36. The van der Waals surface area contributed by atoms with Crippen LogP contribution < -0.4 is 0 Å². The molecule has 1 N–H and O–H groups in total. The van der Waals surface area contributed by atoms with Crippen LogP contribution in [0.5, 0.6) is 0 Å². The largest absolute Gasteiger partial charge is 0.393 e. The lowest BCUT2D eigenvalue weighted by Gasteiger charge is -2.06. The van der Waals surface area contributed by atoms with Crippen LogP contribution in [-0.4, -0.2) is 23.0 Å². The minimum absolute atomic E-state index is 0.206. The molecule has 0 aromatic heterocycles. The molecule has 0 radical (unpaired) electrons. The Bertz CT molecular complexity index is 78.5. The predicted molar refractivity (Wildman–Crippen MR) is 50.5 cm³/mol. The predicted octanol–water partition coefficient (Wildman–Crippen LogP) is 2.78. The Labute approximate surface area is 78.7 Å². The van der Waals surface area contributed by atoms with Crippen LogP contribution in [0.3, 0.4) is 0 Å². The topological polar surface area (TPSA) is 20.2 Å². The zero-order chi connectivity index (χ0) is 8.53. The maximum absolute atomic E-state index is 9.23. The molecule has 0 aliphatic rings. The molecule has 11 heavy (non-hydrogen) atoms. The highest BCUT2D eigenvalue weighted by molar-refractivity contribution is 6.18. The number of aliphatic hydroxyl groups is 1. The molecule has 0 spiro atoms. The van der Waals surface area contributed by atoms with Crippen molar-refractivity contribution in [2.45, 2.75) is 38.2 Å². The number of hydrogen-bond donors (Lipinski definition) is 1. The average molecular weight is 199 g/mol. The van der Waals surface area contributed by atoms with Crippen LogP contribution in [0.15, 0.2) is 0 Å². The lowest BCUT2D eigenvalue weighted by Crippen LogP contribution is -2.06. The first-order valence-electron chi connectivity index (χ1n) is 4.11. The summed E-state index contributed by atoms with van der Waals surface area (Å²) >= 11 is 10.9. The van der Waals surface area contributed by atoms with Crippen LogP contribution in [0.25, 0.3) is 0 Å².